The minimum Gasteiger partial charge on any atom is -0.340 e. The Morgan fingerprint density at radius 1 is 1.29 bits per heavy atom. The molecule has 28 heavy (non-hydrogen) atoms. The van der Waals surface area contributed by atoms with Crippen LogP contribution < -0.4 is 0 Å². The number of para-hydroxylation sites is 1. The molecule has 1 amide bonds. The Morgan fingerprint density at radius 2 is 2.18 bits per heavy atom. The van der Waals surface area contributed by atoms with Crippen molar-refractivity contribution in [1.29, 1.82) is 0 Å². The van der Waals surface area contributed by atoms with Crippen molar-refractivity contribution in [3.63, 3.8) is 0 Å². The second-order valence-corrected chi connectivity index (χ2v) is 8.50. The van der Waals surface area contributed by atoms with Crippen LogP contribution in [0.25, 0.3) is 10.2 Å². The highest BCUT2D eigenvalue weighted by Gasteiger charge is 2.28. The van der Waals surface area contributed by atoms with Gasteiger partial charge in [-0.05, 0) is 51.2 Å². The number of benzene rings is 1. The molecular formula is C21H27N5OS. The number of hydrogen-bond acceptors (Lipinski definition) is 5. The SMILES string of the molecule is CCn1cnnc1CCC1CCCN1C(=O)CCCc1nc2ccccc2s1. The Morgan fingerprint density at radius 3 is 3.04 bits per heavy atom. The molecule has 0 N–H and O–H groups in total. The number of carbonyl (C=O) groups is 1. The number of hydrogen-bond donors (Lipinski definition) is 0. The molecule has 1 aliphatic heterocycles. The Kier molecular flexibility index (Phi) is 6.00. The molecule has 1 fully saturated rings. The van der Waals surface area contributed by atoms with E-state index in [1.807, 2.05) is 12.1 Å². The number of aryl methyl sites for hydroxylation is 3. The molecule has 0 bridgehead atoms. The summed E-state index contributed by atoms with van der Waals surface area (Å²) in [7, 11) is 0. The van der Waals surface area contributed by atoms with Gasteiger partial charge in [0.2, 0.25) is 5.91 Å². The highest BCUT2D eigenvalue weighted by atomic mass is 32.1. The molecule has 4 rings (SSSR count). The van der Waals surface area contributed by atoms with Gasteiger partial charge in [-0.15, -0.1) is 21.5 Å². The predicted octanol–water partition coefficient (Wildman–Crippen LogP) is 3.85. The summed E-state index contributed by atoms with van der Waals surface area (Å²) in [5.74, 6) is 1.32. The van der Waals surface area contributed by atoms with E-state index < -0.39 is 0 Å². The van der Waals surface area contributed by atoms with Crippen molar-refractivity contribution in [2.75, 3.05) is 6.54 Å². The zero-order valence-corrected chi connectivity index (χ0v) is 17.2. The van der Waals surface area contributed by atoms with Gasteiger partial charge in [-0.2, -0.15) is 0 Å². The number of rotatable bonds is 8. The predicted molar refractivity (Wildman–Crippen MR) is 111 cm³/mol. The molecule has 1 unspecified atom stereocenters. The average molecular weight is 398 g/mol. The fourth-order valence-electron chi connectivity index (χ4n) is 4.06. The molecule has 1 aromatic carbocycles. The summed E-state index contributed by atoms with van der Waals surface area (Å²) in [5.41, 5.74) is 1.06. The molecule has 0 saturated carbocycles. The highest BCUT2D eigenvalue weighted by Crippen LogP contribution is 2.25. The molecule has 3 heterocycles. The fraction of sp³-hybridized carbons (Fsp3) is 0.524. The zero-order chi connectivity index (χ0) is 19.3. The number of fused-ring (bicyclic) bond motifs is 1. The van der Waals surface area contributed by atoms with Gasteiger partial charge in [0.1, 0.15) is 12.2 Å². The van der Waals surface area contributed by atoms with Crippen molar-refractivity contribution in [3.05, 3.63) is 41.4 Å². The zero-order valence-electron chi connectivity index (χ0n) is 16.4. The lowest BCUT2D eigenvalue weighted by Crippen LogP contribution is -2.35. The van der Waals surface area contributed by atoms with Gasteiger partial charge in [0.25, 0.3) is 0 Å². The summed E-state index contributed by atoms with van der Waals surface area (Å²) in [5, 5.41) is 9.36. The Labute approximate surface area is 169 Å². The van der Waals surface area contributed by atoms with Crippen molar-refractivity contribution >= 4 is 27.5 Å². The second-order valence-electron chi connectivity index (χ2n) is 7.38. The summed E-state index contributed by atoms with van der Waals surface area (Å²) in [6.45, 7) is 3.89. The van der Waals surface area contributed by atoms with Crippen molar-refractivity contribution in [1.82, 2.24) is 24.6 Å². The lowest BCUT2D eigenvalue weighted by molar-refractivity contribution is -0.132. The van der Waals surface area contributed by atoms with Gasteiger partial charge in [0.05, 0.1) is 15.2 Å². The van der Waals surface area contributed by atoms with Gasteiger partial charge >= 0.3 is 0 Å². The minimum absolute atomic E-state index is 0.292. The second kappa shape index (κ2) is 8.82. The largest absolute Gasteiger partial charge is 0.340 e. The maximum atomic E-state index is 12.8. The van der Waals surface area contributed by atoms with Gasteiger partial charge in [-0.3, -0.25) is 4.79 Å². The summed E-state index contributed by atoms with van der Waals surface area (Å²) in [6.07, 6.45) is 8.21. The van der Waals surface area contributed by atoms with Crippen LogP contribution in [0, 0.1) is 0 Å². The fourth-order valence-corrected chi connectivity index (χ4v) is 5.07. The highest BCUT2D eigenvalue weighted by molar-refractivity contribution is 7.18. The smallest absolute Gasteiger partial charge is 0.222 e. The number of amides is 1. The first kappa shape index (κ1) is 19.1. The molecule has 1 aliphatic rings. The standard InChI is InChI=1S/C21H27N5OS/c1-2-25-15-22-24-19(25)13-12-16-7-6-14-26(16)21(27)11-5-10-20-23-17-8-3-4-9-18(17)28-20/h3-4,8-9,15-16H,2,5-7,10-14H2,1H3. The van der Waals surface area contributed by atoms with E-state index in [-0.39, 0.29) is 0 Å². The Bertz CT molecular complexity index is 901. The van der Waals surface area contributed by atoms with Gasteiger partial charge < -0.3 is 9.47 Å². The molecular weight excluding hydrogens is 370 g/mol. The van der Waals surface area contributed by atoms with Gasteiger partial charge in [-0.1, -0.05) is 12.1 Å². The molecule has 0 aliphatic carbocycles. The number of aromatic nitrogens is 4. The van der Waals surface area contributed by atoms with Crippen LogP contribution in [0.4, 0.5) is 0 Å². The molecule has 1 atom stereocenters. The monoisotopic (exact) mass is 397 g/mol. The van der Waals surface area contributed by atoms with Crippen LogP contribution >= 0.6 is 11.3 Å². The minimum atomic E-state index is 0.292. The summed E-state index contributed by atoms with van der Waals surface area (Å²) >= 11 is 1.74. The number of likely N-dealkylation sites (tertiary alicyclic amines) is 1. The van der Waals surface area contributed by atoms with Crippen LogP contribution in [0.5, 0.6) is 0 Å². The van der Waals surface area contributed by atoms with Gasteiger partial charge in [0, 0.05) is 32.0 Å². The first-order valence-corrected chi connectivity index (χ1v) is 11.1. The van der Waals surface area contributed by atoms with Crippen molar-refractivity contribution in [3.8, 4) is 0 Å². The van der Waals surface area contributed by atoms with E-state index in [0.717, 1.165) is 68.0 Å². The normalized spacial score (nSPS) is 16.9. The maximum absolute atomic E-state index is 12.8. The molecule has 0 spiro atoms. The molecule has 6 nitrogen and oxygen atoms in total. The molecule has 1 saturated heterocycles. The quantitative estimate of drug-likeness (QED) is 0.579. The molecule has 2 aromatic heterocycles. The third kappa shape index (κ3) is 4.24. The lowest BCUT2D eigenvalue weighted by atomic mass is 10.1. The third-order valence-electron chi connectivity index (χ3n) is 5.55. The average Bonchev–Trinajstić information content (AvgIpc) is 3.44. The molecule has 0 radical (unpaired) electrons. The van der Waals surface area contributed by atoms with E-state index in [1.165, 1.54) is 4.70 Å². The topological polar surface area (TPSA) is 63.9 Å². The van der Waals surface area contributed by atoms with Crippen LogP contribution in [0.2, 0.25) is 0 Å². The van der Waals surface area contributed by atoms with Crippen molar-refractivity contribution < 1.29 is 4.79 Å². The van der Waals surface area contributed by atoms with E-state index in [2.05, 4.69) is 43.7 Å². The van der Waals surface area contributed by atoms with E-state index >= 15 is 0 Å². The summed E-state index contributed by atoms with van der Waals surface area (Å²) in [4.78, 5) is 19.6. The van der Waals surface area contributed by atoms with E-state index in [0.29, 0.717) is 18.4 Å². The van der Waals surface area contributed by atoms with Crippen molar-refractivity contribution in [2.24, 2.45) is 0 Å². The summed E-state index contributed by atoms with van der Waals surface area (Å²) in [6, 6.07) is 8.57. The molecule has 148 valence electrons. The van der Waals surface area contributed by atoms with Crippen LogP contribution in [-0.2, 0) is 24.2 Å². The number of nitrogens with zero attached hydrogens (tertiary/aromatic N) is 5. The maximum Gasteiger partial charge on any atom is 0.222 e. The number of carbonyl (C=O) groups excluding carboxylic acids is 1. The van der Waals surface area contributed by atoms with Crippen molar-refractivity contribution in [2.45, 2.75) is 64.5 Å². The number of thiazole rings is 1. The lowest BCUT2D eigenvalue weighted by Gasteiger charge is -2.24. The van der Waals surface area contributed by atoms with Crippen LogP contribution in [-0.4, -0.2) is 43.1 Å². The third-order valence-corrected chi connectivity index (χ3v) is 6.65. The van der Waals surface area contributed by atoms with Crippen LogP contribution in [0.1, 0.15) is 49.9 Å². The molecule has 3 aromatic rings. The first-order valence-electron chi connectivity index (χ1n) is 10.2. The van der Waals surface area contributed by atoms with Gasteiger partial charge in [0.15, 0.2) is 0 Å². The van der Waals surface area contributed by atoms with E-state index in [4.69, 9.17) is 0 Å². The Balaban J connectivity index is 1.27. The van der Waals surface area contributed by atoms with Gasteiger partial charge in [-0.25, -0.2) is 4.98 Å². The Hall–Kier alpha value is -2.28. The van der Waals surface area contributed by atoms with Crippen LogP contribution in [0.3, 0.4) is 0 Å². The van der Waals surface area contributed by atoms with Crippen LogP contribution in [0.15, 0.2) is 30.6 Å². The van der Waals surface area contributed by atoms with E-state index in [1.54, 1.807) is 17.7 Å². The molecule has 7 heteroatoms. The summed E-state index contributed by atoms with van der Waals surface area (Å²) < 4.78 is 3.31. The van der Waals surface area contributed by atoms with E-state index in [9.17, 15) is 4.79 Å². The first-order chi connectivity index (χ1) is 13.7.